The van der Waals surface area contributed by atoms with Gasteiger partial charge in [0, 0.05) is 18.4 Å². The Labute approximate surface area is 160 Å². The molecule has 0 aliphatic carbocycles. The fourth-order valence-electron chi connectivity index (χ4n) is 3.38. The summed E-state index contributed by atoms with van der Waals surface area (Å²) in [6, 6.07) is 9.99. The fourth-order valence-corrected chi connectivity index (χ4v) is 3.38. The smallest absolute Gasteiger partial charge is 0.152 e. The summed E-state index contributed by atoms with van der Waals surface area (Å²) < 4.78 is 0. The van der Waals surface area contributed by atoms with E-state index in [1.165, 1.54) is 51.4 Å². The van der Waals surface area contributed by atoms with Gasteiger partial charge in [-0.2, -0.15) is 0 Å². The lowest BCUT2D eigenvalue weighted by atomic mass is 9.86. The van der Waals surface area contributed by atoms with Gasteiger partial charge < -0.3 is 15.9 Å². The molecule has 1 rings (SSSR count). The second-order valence-electron chi connectivity index (χ2n) is 7.01. The van der Waals surface area contributed by atoms with Gasteiger partial charge in [0.25, 0.3) is 0 Å². The van der Waals surface area contributed by atoms with Crippen molar-refractivity contribution in [3.8, 4) is 0 Å². The number of rotatable bonds is 14. The molecule has 0 aliphatic heterocycles. The van der Waals surface area contributed by atoms with E-state index in [9.17, 15) is 10.2 Å². The predicted octanol–water partition coefficient (Wildman–Crippen LogP) is 5.14. The molecule has 0 aromatic heterocycles. The SMILES string of the molecule is CCCCCCCCCCCC(N)C(CC(O)O)c1ccccc1.Cl. The van der Waals surface area contributed by atoms with E-state index in [2.05, 4.69) is 6.92 Å². The Kier molecular flexibility index (Phi) is 15.2. The molecule has 0 heterocycles. The van der Waals surface area contributed by atoms with Crippen molar-refractivity contribution in [1.82, 2.24) is 0 Å². The molecule has 0 radical (unpaired) electrons. The van der Waals surface area contributed by atoms with Gasteiger partial charge in [0.2, 0.25) is 0 Å². The van der Waals surface area contributed by atoms with Crippen LogP contribution in [0.1, 0.15) is 89.0 Å². The first kappa shape index (κ1) is 24.4. The molecule has 1 aromatic carbocycles. The Bertz CT molecular complexity index is 400. The Morgan fingerprint density at radius 3 is 1.88 bits per heavy atom. The van der Waals surface area contributed by atoms with Crippen molar-refractivity contribution in [3.05, 3.63) is 35.9 Å². The first-order valence-corrected chi connectivity index (χ1v) is 9.81. The maximum atomic E-state index is 9.36. The summed E-state index contributed by atoms with van der Waals surface area (Å²) in [7, 11) is 0. The van der Waals surface area contributed by atoms with Crippen LogP contribution in [-0.2, 0) is 0 Å². The maximum Gasteiger partial charge on any atom is 0.152 e. The van der Waals surface area contributed by atoms with Crippen molar-refractivity contribution in [1.29, 1.82) is 0 Å². The molecule has 146 valence electrons. The van der Waals surface area contributed by atoms with E-state index in [1.54, 1.807) is 0 Å². The van der Waals surface area contributed by atoms with Gasteiger partial charge in [-0.25, -0.2) is 0 Å². The number of unbranched alkanes of at least 4 members (excludes halogenated alkanes) is 8. The highest BCUT2D eigenvalue weighted by Gasteiger charge is 2.21. The van der Waals surface area contributed by atoms with Crippen molar-refractivity contribution < 1.29 is 10.2 Å². The molecule has 1 aromatic rings. The lowest BCUT2D eigenvalue weighted by molar-refractivity contribution is -0.0514. The molecule has 0 aliphatic rings. The molecule has 0 amide bonds. The molecule has 0 fully saturated rings. The quantitative estimate of drug-likeness (QED) is 0.313. The van der Waals surface area contributed by atoms with Gasteiger partial charge in [-0.3, -0.25) is 0 Å². The summed E-state index contributed by atoms with van der Waals surface area (Å²) in [5.74, 6) is 0.0141. The molecule has 2 unspecified atom stereocenters. The molecule has 4 N–H and O–H groups in total. The van der Waals surface area contributed by atoms with Gasteiger partial charge in [-0.05, 0) is 12.0 Å². The first-order valence-electron chi connectivity index (χ1n) is 9.81. The predicted molar refractivity (Wildman–Crippen MR) is 109 cm³/mol. The third-order valence-electron chi connectivity index (χ3n) is 4.85. The van der Waals surface area contributed by atoms with Crippen molar-refractivity contribution in [2.24, 2.45) is 5.73 Å². The zero-order valence-corrected chi connectivity index (χ0v) is 16.6. The number of hydrogen-bond acceptors (Lipinski definition) is 3. The van der Waals surface area contributed by atoms with Gasteiger partial charge in [-0.1, -0.05) is 95.0 Å². The normalized spacial score (nSPS) is 13.5. The van der Waals surface area contributed by atoms with E-state index in [1.807, 2.05) is 30.3 Å². The topological polar surface area (TPSA) is 66.5 Å². The molecule has 0 spiro atoms. The molecule has 0 saturated carbocycles. The number of halogens is 1. The van der Waals surface area contributed by atoms with Crippen LogP contribution in [0, 0.1) is 0 Å². The van der Waals surface area contributed by atoms with Crippen LogP contribution in [0.3, 0.4) is 0 Å². The molecule has 3 nitrogen and oxygen atoms in total. The number of aliphatic hydroxyl groups excluding tert-OH is 1. The molecule has 0 saturated heterocycles. The highest BCUT2D eigenvalue weighted by Crippen LogP contribution is 2.26. The number of benzene rings is 1. The molecular weight excluding hydrogens is 334 g/mol. The lowest BCUT2D eigenvalue weighted by Gasteiger charge is -2.25. The summed E-state index contributed by atoms with van der Waals surface area (Å²) in [5.41, 5.74) is 7.48. The van der Waals surface area contributed by atoms with Gasteiger partial charge in [0.05, 0.1) is 0 Å². The Morgan fingerprint density at radius 2 is 1.36 bits per heavy atom. The summed E-state index contributed by atoms with van der Waals surface area (Å²) in [6.07, 6.45) is 11.7. The summed E-state index contributed by atoms with van der Waals surface area (Å²) in [4.78, 5) is 0. The number of nitrogens with two attached hydrogens (primary N) is 1. The van der Waals surface area contributed by atoms with Gasteiger partial charge in [0.15, 0.2) is 6.29 Å². The minimum absolute atomic E-state index is 0. The van der Waals surface area contributed by atoms with E-state index in [0.29, 0.717) is 6.42 Å². The summed E-state index contributed by atoms with van der Waals surface area (Å²) in [6.45, 7) is 2.25. The first-order chi connectivity index (χ1) is 11.6. The number of hydrogen-bond donors (Lipinski definition) is 3. The number of aliphatic hydroxyl groups is 2. The van der Waals surface area contributed by atoms with Gasteiger partial charge in [-0.15, -0.1) is 12.4 Å². The van der Waals surface area contributed by atoms with Crippen LogP contribution < -0.4 is 5.73 Å². The van der Waals surface area contributed by atoms with Crippen molar-refractivity contribution in [2.75, 3.05) is 0 Å². The van der Waals surface area contributed by atoms with Crippen LogP contribution >= 0.6 is 12.4 Å². The molecule has 0 bridgehead atoms. The zero-order valence-electron chi connectivity index (χ0n) is 15.8. The summed E-state index contributed by atoms with van der Waals surface area (Å²) in [5, 5.41) is 18.7. The third-order valence-corrected chi connectivity index (χ3v) is 4.85. The fraction of sp³-hybridized carbons (Fsp3) is 0.714. The third kappa shape index (κ3) is 11.6. The largest absolute Gasteiger partial charge is 0.368 e. The van der Waals surface area contributed by atoms with E-state index in [0.717, 1.165) is 18.4 Å². The van der Waals surface area contributed by atoms with Crippen LogP contribution in [-0.4, -0.2) is 22.5 Å². The Morgan fingerprint density at radius 1 is 0.840 bits per heavy atom. The summed E-state index contributed by atoms with van der Waals surface area (Å²) >= 11 is 0. The van der Waals surface area contributed by atoms with Crippen molar-refractivity contribution >= 4 is 12.4 Å². The van der Waals surface area contributed by atoms with E-state index >= 15 is 0 Å². The van der Waals surface area contributed by atoms with Crippen LogP contribution in [0.4, 0.5) is 0 Å². The van der Waals surface area contributed by atoms with Crippen LogP contribution in [0.15, 0.2) is 30.3 Å². The van der Waals surface area contributed by atoms with E-state index < -0.39 is 6.29 Å². The second-order valence-corrected chi connectivity index (χ2v) is 7.01. The molecule has 4 heteroatoms. The van der Waals surface area contributed by atoms with Gasteiger partial charge >= 0.3 is 0 Å². The highest BCUT2D eigenvalue weighted by atomic mass is 35.5. The highest BCUT2D eigenvalue weighted by molar-refractivity contribution is 5.85. The van der Waals surface area contributed by atoms with Crippen LogP contribution in [0.2, 0.25) is 0 Å². The zero-order chi connectivity index (χ0) is 17.6. The maximum absolute atomic E-state index is 9.36. The molecule has 2 atom stereocenters. The van der Waals surface area contributed by atoms with Crippen LogP contribution in [0.25, 0.3) is 0 Å². The minimum Gasteiger partial charge on any atom is -0.368 e. The lowest BCUT2D eigenvalue weighted by Crippen LogP contribution is -2.31. The minimum atomic E-state index is -1.30. The molecule has 25 heavy (non-hydrogen) atoms. The average molecular weight is 372 g/mol. The van der Waals surface area contributed by atoms with E-state index in [-0.39, 0.29) is 24.4 Å². The molecular formula is C21H38ClNO2. The average Bonchev–Trinajstić information content (AvgIpc) is 2.58. The van der Waals surface area contributed by atoms with Crippen molar-refractivity contribution in [3.63, 3.8) is 0 Å². The van der Waals surface area contributed by atoms with E-state index in [4.69, 9.17) is 5.73 Å². The monoisotopic (exact) mass is 371 g/mol. The van der Waals surface area contributed by atoms with Crippen LogP contribution in [0.5, 0.6) is 0 Å². The Hall–Kier alpha value is -0.610. The second kappa shape index (κ2) is 15.6. The Balaban J connectivity index is 0.00000576. The van der Waals surface area contributed by atoms with Crippen molar-refractivity contribution in [2.45, 2.75) is 95.8 Å². The van der Waals surface area contributed by atoms with Gasteiger partial charge in [0.1, 0.15) is 0 Å². The standard InChI is InChI=1S/C21H37NO2.ClH/c1-2-3-4-5-6-7-8-9-13-16-20(22)19(17-21(23)24)18-14-11-10-12-15-18;/h10-12,14-15,19-21,23-24H,2-9,13,16-17,22H2,1H3;1H.